The van der Waals surface area contributed by atoms with Crippen LogP contribution in [-0.2, 0) is 14.8 Å². The van der Waals surface area contributed by atoms with Gasteiger partial charge in [0.2, 0.25) is 5.91 Å². The van der Waals surface area contributed by atoms with Gasteiger partial charge in [0.1, 0.15) is 5.75 Å². The molecule has 0 bridgehead atoms. The standard InChI is InChI=1S/C22H22N4O5S/c1-26(15-21(27)24-18-4-3-5-19(14-18)31-2)22(28)16-6-8-20(9-7-16)32(29,30)25-17-10-12-23-13-11-17/h3-14H,15H2,1-2H3,(H,23,25)(H,24,27). The smallest absolute Gasteiger partial charge is 0.261 e. The lowest BCUT2D eigenvalue weighted by Gasteiger charge is -2.17. The van der Waals surface area contributed by atoms with Crippen LogP contribution in [0.1, 0.15) is 10.4 Å². The summed E-state index contributed by atoms with van der Waals surface area (Å²) in [5.41, 5.74) is 1.18. The summed E-state index contributed by atoms with van der Waals surface area (Å²) in [5.74, 6) is -0.202. The van der Waals surface area contributed by atoms with Gasteiger partial charge in [-0.1, -0.05) is 6.07 Å². The van der Waals surface area contributed by atoms with Crippen LogP contribution in [-0.4, -0.2) is 50.8 Å². The Morgan fingerprint density at radius 3 is 2.34 bits per heavy atom. The molecule has 2 amide bonds. The van der Waals surface area contributed by atoms with Crippen LogP contribution in [0.4, 0.5) is 11.4 Å². The molecule has 3 rings (SSSR count). The maximum absolute atomic E-state index is 12.6. The molecule has 1 heterocycles. The number of sulfonamides is 1. The topological polar surface area (TPSA) is 118 Å². The largest absolute Gasteiger partial charge is 0.497 e. The Labute approximate surface area is 186 Å². The number of aromatic nitrogens is 1. The van der Waals surface area contributed by atoms with Gasteiger partial charge in [-0.2, -0.15) is 0 Å². The Morgan fingerprint density at radius 1 is 1.00 bits per heavy atom. The molecule has 0 atom stereocenters. The van der Waals surface area contributed by atoms with Gasteiger partial charge in [0.25, 0.3) is 15.9 Å². The van der Waals surface area contributed by atoms with Crippen molar-refractivity contribution in [3.8, 4) is 5.75 Å². The van der Waals surface area contributed by atoms with E-state index in [2.05, 4.69) is 15.0 Å². The number of carbonyl (C=O) groups is 2. The number of rotatable bonds is 8. The molecule has 0 saturated heterocycles. The fraction of sp³-hybridized carbons (Fsp3) is 0.136. The van der Waals surface area contributed by atoms with Gasteiger partial charge >= 0.3 is 0 Å². The van der Waals surface area contributed by atoms with Crippen molar-refractivity contribution in [1.29, 1.82) is 0 Å². The first-order valence-electron chi connectivity index (χ1n) is 9.51. The number of methoxy groups -OCH3 is 1. The number of hydrogen-bond donors (Lipinski definition) is 2. The summed E-state index contributed by atoms with van der Waals surface area (Å²) in [6, 6.07) is 15.4. The third-order valence-electron chi connectivity index (χ3n) is 4.43. The second kappa shape index (κ2) is 9.92. The third kappa shape index (κ3) is 5.82. The van der Waals surface area contributed by atoms with Crippen molar-refractivity contribution in [2.24, 2.45) is 0 Å². The number of likely N-dealkylation sites (N-methyl/N-ethyl adjacent to an activating group) is 1. The van der Waals surface area contributed by atoms with Crippen molar-refractivity contribution in [3.63, 3.8) is 0 Å². The van der Waals surface area contributed by atoms with Gasteiger partial charge in [-0.3, -0.25) is 19.3 Å². The fourth-order valence-electron chi connectivity index (χ4n) is 2.82. The number of benzene rings is 2. The summed E-state index contributed by atoms with van der Waals surface area (Å²) in [6.07, 6.45) is 2.94. The number of hydrogen-bond acceptors (Lipinski definition) is 6. The minimum Gasteiger partial charge on any atom is -0.497 e. The Kier molecular flexibility index (Phi) is 7.06. The number of amides is 2. The molecular weight excluding hydrogens is 432 g/mol. The Hall–Kier alpha value is -3.92. The number of anilines is 2. The highest BCUT2D eigenvalue weighted by Crippen LogP contribution is 2.18. The van der Waals surface area contributed by atoms with Gasteiger partial charge in [0.15, 0.2) is 0 Å². The van der Waals surface area contributed by atoms with Crippen molar-refractivity contribution in [1.82, 2.24) is 9.88 Å². The Balaban J connectivity index is 1.62. The summed E-state index contributed by atoms with van der Waals surface area (Å²) < 4.78 is 32.5. The van der Waals surface area contributed by atoms with Crippen LogP contribution in [0.5, 0.6) is 5.75 Å². The van der Waals surface area contributed by atoms with Gasteiger partial charge in [0.05, 0.1) is 24.2 Å². The first-order valence-corrected chi connectivity index (χ1v) is 11.0. The van der Waals surface area contributed by atoms with Crippen LogP contribution in [0, 0.1) is 0 Å². The van der Waals surface area contributed by atoms with E-state index in [9.17, 15) is 18.0 Å². The highest BCUT2D eigenvalue weighted by molar-refractivity contribution is 7.92. The highest BCUT2D eigenvalue weighted by Gasteiger charge is 2.18. The van der Waals surface area contributed by atoms with Gasteiger partial charge in [-0.15, -0.1) is 0 Å². The summed E-state index contributed by atoms with van der Waals surface area (Å²) >= 11 is 0. The molecule has 166 valence electrons. The summed E-state index contributed by atoms with van der Waals surface area (Å²) in [7, 11) is -0.796. The van der Waals surface area contributed by atoms with E-state index >= 15 is 0 Å². The van der Waals surface area contributed by atoms with E-state index in [-0.39, 0.29) is 22.9 Å². The molecule has 0 aliphatic carbocycles. The molecule has 0 aliphatic rings. The molecule has 0 radical (unpaired) electrons. The molecule has 2 aromatic carbocycles. The zero-order chi connectivity index (χ0) is 23.1. The molecule has 10 heteroatoms. The van der Waals surface area contributed by atoms with Crippen LogP contribution in [0.15, 0.2) is 78.0 Å². The van der Waals surface area contributed by atoms with Gasteiger partial charge in [0, 0.05) is 36.8 Å². The summed E-state index contributed by atoms with van der Waals surface area (Å²) in [4.78, 5) is 30.0. The minimum absolute atomic E-state index is 0.00397. The molecule has 0 aliphatic heterocycles. The third-order valence-corrected chi connectivity index (χ3v) is 5.82. The van der Waals surface area contributed by atoms with E-state index in [0.717, 1.165) is 0 Å². The first kappa shape index (κ1) is 22.8. The van der Waals surface area contributed by atoms with Crippen molar-refractivity contribution in [3.05, 3.63) is 78.6 Å². The molecule has 1 aromatic heterocycles. The lowest BCUT2D eigenvalue weighted by Crippen LogP contribution is -2.34. The van der Waals surface area contributed by atoms with Crippen molar-refractivity contribution in [2.75, 3.05) is 30.7 Å². The van der Waals surface area contributed by atoms with Crippen LogP contribution in [0.2, 0.25) is 0 Å². The van der Waals surface area contributed by atoms with E-state index < -0.39 is 15.9 Å². The van der Waals surface area contributed by atoms with Crippen LogP contribution in [0.3, 0.4) is 0 Å². The van der Waals surface area contributed by atoms with E-state index in [0.29, 0.717) is 17.1 Å². The Morgan fingerprint density at radius 2 is 1.69 bits per heavy atom. The zero-order valence-electron chi connectivity index (χ0n) is 17.5. The average molecular weight is 455 g/mol. The average Bonchev–Trinajstić information content (AvgIpc) is 2.79. The molecule has 0 spiro atoms. The maximum Gasteiger partial charge on any atom is 0.261 e. The minimum atomic E-state index is -3.81. The van der Waals surface area contributed by atoms with E-state index in [1.165, 1.54) is 67.8 Å². The maximum atomic E-state index is 12.6. The fourth-order valence-corrected chi connectivity index (χ4v) is 3.88. The molecule has 0 saturated carbocycles. The molecular formula is C22H22N4O5S. The molecule has 0 fully saturated rings. The SMILES string of the molecule is COc1cccc(NC(=O)CN(C)C(=O)c2ccc(S(=O)(=O)Nc3ccncc3)cc2)c1. The predicted molar refractivity (Wildman–Crippen MR) is 120 cm³/mol. The molecule has 0 unspecified atom stereocenters. The quantitative estimate of drug-likeness (QED) is 0.540. The lowest BCUT2D eigenvalue weighted by atomic mass is 10.2. The van der Waals surface area contributed by atoms with Crippen molar-refractivity contribution >= 4 is 33.2 Å². The van der Waals surface area contributed by atoms with Crippen LogP contribution >= 0.6 is 0 Å². The molecule has 9 nitrogen and oxygen atoms in total. The van der Waals surface area contributed by atoms with Gasteiger partial charge in [-0.05, 0) is 48.5 Å². The van der Waals surface area contributed by atoms with Crippen molar-refractivity contribution in [2.45, 2.75) is 4.90 Å². The highest BCUT2D eigenvalue weighted by atomic mass is 32.2. The summed E-state index contributed by atoms with van der Waals surface area (Å²) in [6.45, 7) is -0.181. The zero-order valence-corrected chi connectivity index (χ0v) is 18.3. The monoisotopic (exact) mass is 454 g/mol. The van der Waals surface area contributed by atoms with E-state index in [4.69, 9.17) is 4.74 Å². The van der Waals surface area contributed by atoms with Gasteiger partial charge < -0.3 is 15.0 Å². The number of carbonyl (C=O) groups excluding carboxylic acids is 2. The number of nitrogens with zero attached hydrogens (tertiary/aromatic N) is 2. The van der Waals surface area contributed by atoms with Crippen LogP contribution in [0.25, 0.3) is 0 Å². The molecule has 3 aromatic rings. The lowest BCUT2D eigenvalue weighted by molar-refractivity contribution is -0.116. The number of ether oxygens (including phenoxy) is 1. The van der Waals surface area contributed by atoms with E-state index in [1.807, 2.05) is 0 Å². The molecule has 32 heavy (non-hydrogen) atoms. The second-order valence-corrected chi connectivity index (χ2v) is 8.49. The van der Waals surface area contributed by atoms with Crippen molar-refractivity contribution < 1.29 is 22.7 Å². The van der Waals surface area contributed by atoms with Crippen LogP contribution < -0.4 is 14.8 Å². The first-order chi connectivity index (χ1) is 15.3. The number of nitrogens with one attached hydrogen (secondary N) is 2. The molecule has 2 N–H and O–H groups in total. The normalized spacial score (nSPS) is 10.8. The second-order valence-electron chi connectivity index (χ2n) is 6.81. The number of pyridine rings is 1. The van der Waals surface area contributed by atoms with Gasteiger partial charge in [-0.25, -0.2) is 8.42 Å². The predicted octanol–water partition coefficient (Wildman–Crippen LogP) is 2.60. The summed E-state index contributed by atoms with van der Waals surface area (Å²) in [5, 5.41) is 2.70. The Bertz CT molecular complexity index is 1200. The van der Waals surface area contributed by atoms with E-state index in [1.54, 1.807) is 24.3 Å².